The Hall–Kier alpha value is -0.880. The highest BCUT2D eigenvalue weighted by Gasteiger charge is 2.09. The van der Waals surface area contributed by atoms with E-state index in [9.17, 15) is 0 Å². The van der Waals surface area contributed by atoms with Gasteiger partial charge in [0, 0.05) is 10.2 Å². The number of nitrogens with two attached hydrogens (primary N) is 1. The number of rotatable bonds is 6. The first kappa shape index (κ1) is 14.2. The first-order chi connectivity index (χ1) is 8.19. The molecule has 0 radical (unpaired) electrons. The molecular weight excluding hydrogens is 304 g/mol. The lowest BCUT2D eigenvalue weighted by atomic mass is 10.2. The second kappa shape index (κ2) is 7.45. The van der Waals surface area contributed by atoms with Crippen molar-refractivity contribution >= 4 is 33.5 Å². The number of nitrogens with zero attached hydrogens (tertiary/aromatic N) is 1. The average molecular weight is 319 g/mol. The van der Waals surface area contributed by atoms with Crippen molar-refractivity contribution in [3.05, 3.63) is 28.2 Å². The van der Waals surface area contributed by atoms with E-state index in [2.05, 4.69) is 28.0 Å². The molecule has 94 valence electrons. The summed E-state index contributed by atoms with van der Waals surface area (Å²) < 4.78 is 6.46. The predicted molar refractivity (Wildman–Crippen MR) is 75.1 cm³/mol. The van der Waals surface area contributed by atoms with Crippen molar-refractivity contribution in [1.29, 1.82) is 0 Å². The van der Waals surface area contributed by atoms with Gasteiger partial charge in [0.15, 0.2) is 5.84 Å². The molecule has 0 spiro atoms. The van der Waals surface area contributed by atoms with Crippen molar-refractivity contribution in [3.63, 3.8) is 0 Å². The quantitative estimate of drug-likeness (QED) is 0.278. The van der Waals surface area contributed by atoms with Gasteiger partial charge in [-0.25, -0.2) is 0 Å². The van der Waals surface area contributed by atoms with Crippen molar-refractivity contribution in [2.45, 2.75) is 6.92 Å². The van der Waals surface area contributed by atoms with E-state index in [4.69, 9.17) is 15.7 Å². The lowest BCUT2D eigenvalue weighted by molar-refractivity contribution is 0.317. The van der Waals surface area contributed by atoms with Crippen LogP contribution < -0.4 is 10.5 Å². The Balaban J connectivity index is 2.76. The molecular formula is C11H15BrN2O2S. The van der Waals surface area contributed by atoms with Gasteiger partial charge in [-0.2, -0.15) is 11.8 Å². The first-order valence-electron chi connectivity index (χ1n) is 5.17. The maximum atomic E-state index is 8.70. The lowest BCUT2D eigenvalue weighted by Gasteiger charge is -2.10. The normalized spacial score (nSPS) is 11.5. The number of thioether (sulfide) groups is 1. The summed E-state index contributed by atoms with van der Waals surface area (Å²) in [5, 5.41) is 11.7. The minimum Gasteiger partial charge on any atom is -0.492 e. The maximum Gasteiger partial charge on any atom is 0.173 e. The molecule has 6 heteroatoms. The minimum absolute atomic E-state index is 0.0458. The molecule has 4 nitrogen and oxygen atoms in total. The molecule has 1 rings (SSSR count). The third kappa shape index (κ3) is 4.47. The van der Waals surface area contributed by atoms with Gasteiger partial charge in [-0.1, -0.05) is 28.0 Å². The Morgan fingerprint density at radius 2 is 2.35 bits per heavy atom. The van der Waals surface area contributed by atoms with Crippen LogP contribution in [0.2, 0.25) is 0 Å². The number of ether oxygens (including phenoxy) is 1. The third-order valence-corrected chi connectivity index (χ3v) is 3.37. The summed E-state index contributed by atoms with van der Waals surface area (Å²) >= 11 is 5.14. The molecule has 0 heterocycles. The molecule has 1 aromatic carbocycles. The second-order valence-electron chi connectivity index (χ2n) is 3.17. The monoisotopic (exact) mass is 318 g/mol. The van der Waals surface area contributed by atoms with Crippen LogP contribution in [0.15, 0.2) is 27.8 Å². The van der Waals surface area contributed by atoms with E-state index in [-0.39, 0.29) is 5.84 Å². The third-order valence-electron chi connectivity index (χ3n) is 2.01. The molecule has 0 aliphatic rings. The Morgan fingerprint density at radius 1 is 1.59 bits per heavy atom. The van der Waals surface area contributed by atoms with Gasteiger partial charge in [0.05, 0.1) is 12.2 Å². The maximum absolute atomic E-state index is 8.70. The Labute approximate surface area is 113 Å². The van der Waals surface area contributed by atoms with E-state index < -0.39 is 0 Å². The van der Waals surface area contributed by atoms with Crippen LogP contribution in [0.5, 0.6) is 5.75 Å². The number of hydrogen-bond acceptors (Lipinski definition) is 4. The molecule has 3 N–H and O–H groups in total. The van der Waals surface area contributed by atoms with E-state index in [1.54, 1.807) is 23.9 Å². The molecule has 0 bridgehead atoms. The molecule has 0 aliphatic heterocycles. The predicted octanol–water partition coefficient (Wildman–Crippen LogP) is 2.68. The van der Waals surface area contributed by atoms with Crippen molar-refractivity contribution in [2.75, 3.05) is 18.1 Å². The van der Waals surface area contributed by atoms with E-state index in [0.29, 0.717) is 17.9 Å². The van der Waals surface area contributed by atoms with E-state index >= 15 is 0 Å². The number of hydrogen-bond donors (Lipinski definition) is 2. The molecule has 0 aliphatic carbocycles. The number of halogens is 1. The highest BCUT2D eigenvalue weighted by atomic mass is 79.9. The number of benzene rings is 1. The van der Waals surface area contributed by atoms with Crippen molar-refractivity contribution < 1.29 is 9.94 Å². The summed E-state index contributed by atoms with van der Waals surface area (Å²) in [5.41, 5.74) is 6.17. The van der Waals surface area contributed by atoms with Gasteiger partial charge in [0.25, 0.3) is 0 Å². The first-order valence-corrected chi connectivity index (χ1v) is 7.11. The zero-order valence-electron chi connectivity index (χ0n) is 9.52. The topological polar surface area (TPSA) is 67.8 Å². The van der Waals surface area contributed by atoms with Crippen LogP contribution in [0.3, 0.4) is 0 Å². The second-order valence-corrected chi connectivity index (χ2v) is 5.48. The van der Waals surface area contributed by atoms with Gasteiger partial charge in [-0.3, -0.25) is 0 Å². The van der Waals surface area contributed by atoms with Crippen molar-refractivity contribution in [1.82, 2.24) is 0 Å². The van der Waals surface area contributed by atoms with Crippen LogP contribution >= 0.6 is 27.7 Å². The van der Waals surface area contributed by atoms with Gasteiger partial charge >= 0.3 is 0 Å². The largest absolute Gasteiger partial charge is 0.492 e. The summed E-state index contributed by atoms with van der Waals surface area (Å²) in [6.07, 6.45) is 0. The van der Waals surface area contributed by atoms with Gasteiger partial charge < -0.3 is 15.7 Å². The van der Waals surface area contributed by atoms with E-state index in [0.717, 1.165) is 16.0 Å². The molecule has 0 fully saturated rings. The lowest BCUT2D eigenvalue weighted by Crippen LogP contribution is -2.15. The summed E-state index contributed by atoms with van der Waals surface area (Å²) in [7, 11) is 0. The molecule has 0 amide bonds. The summed E-state index contributed by atoms with van der Waals surface area (Å²) in [6, 6.07) is 5.42. The smallest absolute Gasteiger partial charge is 0.173 e. The van der Waals surface area contributed by atoms with E-state index in [1.807, 2.05) is 6.07 Å². The van der Waals surface area contributed by atoms with Gasteiger partial charge in [0.1, 0.15) is 5.75 Å². The Morgan fingerprint density at radius 3 is 3.00 bits per heavy atom. The SMILES string of the molecule is CCSCCOc1ccc(Br)cc1/C(N)=N/O. The fraction of sp³-hybridized carbons (Fsp3) is 0.364. The zero-order chi connectivity index (χ0) is 12.7. The van der Waals surface area contributed by atoms with Crippen LogP contribution in [-0.2, 0) is 0 Å². The molecule has 0 atom stereocenters. The highest BCUT2D eigenvalue weighted by molar-refractivity contribution is 9.10. The van der Waals surface area contributed by atoms with Crippen LogP contribution in [-0.4, -0.2) is 29.2 Å². The molecule has 0 saturated carbocycles. The summed E-state index contributed by atoms with van der Waals surface area (Å²) in [6.45, 7) is 2.71. The van der Waals surface area contributed by atoms with E-state index in [1.165, 1.54) is 0 Å². The molecule has 0 aromatic heterocycles. The van der Waals surface area contributed by atoms with Crippen LogP contribution in [0.4, 0.5) is 0 Å². The number of amidine groups is 1. The van der Waals surface area contributed by atoms with Crippen molar-refractivity contribution in [3.8, 4) is 5.75 Å². The Kier molecular flexibility index (Phi) is 6.21. The number of oxime groups is 1. The van der Waals surface area contributed by atoms with Gasteiger partial charge in [-0.15, -0.1) is 0 Å². The fourth-order valence-corrected chi connectivity index (χ4v) is 2.09. The highest BCUT2D eigenvalue weighted by Crippen LogP contribution is 2.23. The molecule has 0 unspecified atom stereocenters. The fourth-order valence-electron chi connectivity index (χ4n) is 1.24. The zero-order valence-corrected chi connectivity index (χ0v) is 11.9. The van der Waals surface area contributed by atoms with Gasteiger partial charge in [-0.05, 0) is 24.0 Å². The summed E-state index contributed by atoms with van der Waals surface area (Å²) in [5.74, 6) is 2.66. The van der Waals surface area contributed by atoms with Crippen molar-refractivity contribution in [2.24, 2.45) is 10.9 Å². The standard InChI is InChI=1S/C11H15BrN2O2S/c1-2-17-6-5-16-10-4-3-8(12)7-9(10)11(13)14-15/h3-4,7,15H,2,5-6H2,1H3,(H2,13,14). The van der Waals surface area contributed by atoms with Crippen LogP contribution in [0.1, 0.15) is 12.5 Å². The Bertz CT molecular complexity index is 399. The molecule has 1 aromatic rings. The van der Waals surface area contributed by atoms with Crippen LogP contribution in [0.25, 0.3) is 0 Å². The summed E-state index contributed by atoms with van der Waals surface area (Å²) in [4.78, 5) is 0. The molecule has 0 saturated heterocycles. The average Bonchev–Trinajstić information content (AvgIpc) is 2.35. The molecule has 17 heavy (non-hydrogen) atoms. The minimum atomic E-state index is 0.0458. The van der Waals surface area contributed by atoms with Gasteiger partial charge in [0.2, 0.25) is 0 Å². The van der Waals surface area contributed by atoms with Crippen LogP contribution in [0, 0.1) is 0 Å².